The molecule has 2 unspecified atom stereocenters. The smallest absolute Gasteiger partial charge is 0.227 e. The summed E-state index contributed by atoms with van der Waals surface area (Å²) in [6, 6.07) is 8.08. The van der Waals surface area contributed by atoms with E-state index in [1.807, 2.05) is 24.3 Å². The van der Waals surface area contributed by atoms with Gasteiger partial charge in [-0.3, -0.25) is 4.79 Å². The molecule has 3 heteroatoms. The molecule has 102 valence electrons. The van der Waals surface area contributed by atoms with E-state index in [9.17, 15) is 4.79 Å². The maximum atomic E-state index is 12.3. The number of nitrogens with zero attached hydrogens (tertiary/aromatic N) is 1. The number of benzene rings is 1. The number of likely N-dealkylation sites (tertiary alicyclic amines) is 1. The van der Waals surface area contributed by atoms with Crippen molar-refractivity contribution in [2.75, 3.05) is 13.1 Å². The number of carbonyl (C=O) groups excluding carboxylic acids is 1. The number of nitrogens with two attached hydrogens (primary N) is 1. The molecule has 1 saturated heterocycles. The molecule has 19 heavy (non-hydrogen) atoms. The summed E-state index contributed by atoms with van der Waals surface area (Å²) in [5.74, 6) is 1.85. The minimum Gasteiger partial charge on any atom is -0.342 e. The van der Waals surface area contributed by atoms with Crippen LogP contribution in [0, 0.1) is 11.8 Å². The van der Waals surface area contributed by atoms with Crippen LogP contribution in [0.25, 0.3) is 0 Å². The van der Waals surface area contributed by atoms with Gasteiger partial charge in [-0.25, -0.2) is 0 Å². The first-order chi connectivity index (χ1) is 9.26. The zero-order valence-corrected chi connectivity index (χ0v) is 11.3. The highest BCUT2D eigenvalue weighted by Crippen LogP contribution is 2.37. The molecular formula is C16H22N2O. The summed E-state index contributed by atoms with van der Waals surface area (Å²) in [5, 5.41) is 0. The van der Waals surface area contributed by atoms with Crippen molar-refractivity contribution < 1.29 is 4.79 Å². The number of rotatable bonds is 3. The number of amides is 1. The second-order valence-electron chi connectivity index (χ2n) is 5.95. The molecule has 3 rings (SSSR count). The first kappa shape index (κ1) is 12.7. The largest absolute Gasteiger partial charge is 0.342 e. The first-order valence-electron chi connectivity index (χ1n) is 7.32. The van der Waals surface area contributed by atoms with Gasteiger partial charge in [-0.1, -0.05) is 30.7 Å². The van der Waals surface area contributed by atoms with Crippen molar-refractivity contribution in [1.82, 2.24) is 4.90 Å². The van der Waals surface area contributed by atoms with Gasteiger partial charge >= 0.3 is 0 Å². The number of fused-ring (bicyclic) bond motifs is 1. The van der Waals surface area contributed by atoms with Crippen LogP contribution in [-0.2, 0) is 17.8 Å². The van der Waals surface area contributed by atoms with Crippen molar-refractivity contribution in [1.29, 1.82) is 0 Å². The predicted molar refractivity (Wildman–Crippen MR) is 75.4 cm³/mol. The molecule has 0 radical (unpaired) electrons. The topological polar surface area (TPSA) is 46.3 Å². The molecule has 2 aliphatic rings. The van der Waals surface area contributed by atoms with Gasteiger partial charge in [0.05, 0.1) is 6.42 Å². The third-order valence-electron chi connectivity index (χ3n) is 4.69. The molecule has 0 bridgehead atoms. The number of carbonyl (C=O) groups is 1. The van der Waals surface area contributed by atoms with Gasteiger partial charge in [0.15, 0.2) is 0 Å². The minimum absolute atomic E-state index is 0.287. The Balaban J connectivity index is 1.59. The van der Waals surface area contributed by atoms with Crippen LogP contribution < -0.4 is 5.73 Å². The summed E-state index contributed by atoms with van der Waals surface area (Å²) in [6.07, 6.45) is 4.53. The van der Waals surface area contributed by atoms with E-state index >= 15 is 0 Å². The molecule has 2 fully saturated rings. The van der Waals surface area contributed by atoms with Crippen LogP contribution in [0.1, 0.15) is 30.4 Å². The molecule has 1 aromatic rings. The molecule has 1 heterocycles. The molecule has 0 spiro atoms. The van der Waals surface area contributed by atoms with Crippen LogP contribution in [0.15, 0.2) is 24.3 Å². The summed E-state index contributed by atoms with van der Waals surface area (Å²) in [6.45, 7) is 2.54. The molecule has 1 aliphatic carbocycles. The Morgan fingerprint density at radius 2 is 1.68 bits per heavy atom. The van der Waals surface area contributed by atoms with E-state index in [4.69, 9.17) is 5.73 Å². The van der Waals surface area contributed by atoms with Crippen molar-refractivity contribution in [2.24, 2.45) is 17.6 Å². The van der Waals surface area contributed by atoms with Gasteiger partial charge in [0, 0.05) is 19.6 Å². The van der Waals surface area contributed by atoms with Gasteiger partial charge in [0.25, 0.3) is 0 Å². The lowest BCUT2D eigenvalue weighted by atomic mass is 10.0. The molecular weight excluding hydrogens is 236 g/mol. The average Bonchev–Trinajstić information content (AvgIpc) is 3.00. The third-order valence-corrected chi connectivity index (χ3v) is 4.69. The maximum absolute atomic E-state index is 12.3. The fraction of sp³-hybridized carbons (Fsp3) is 0.562. The molecule has 2 atom stereocenters. The lowest BCUT2D eigenvalue weighted by Gasteiger charge is -2.17. The van der Waals surface area contributed by atoms with Crippen molar-refractivity contribution in [3.05, 3.63) is 35.4 Å². The first-order valence-corrected chi connectivity index (χ1v) is 7.32. The Labute approximate surface area is 114 Å². The summed E-state index contributed by atoms with van der Waals surface area (Å²) in [4.78, 5) is 14.4. The van der Waals surface area contributed by atoms with E-state index in [-0.39, 0.29) is 5.91 Å². The van der Waals surface area contributed by atoms with E-state index in [1.165, 1.54) is 19.3 Å². The molecule has 0 aromatic heterocycles. The molecule has 3 nitrogen and oxygen atoms in total. The molecule has 1 aromatic carbocycles. The van der Waals surface area contributed by atoms with E-state index in [0.29, 0.717) is 13.0 Å². The number of hydrogen-bond acceptors (Lipinski definition) is 2. The summed E-state index contributed by atoms with van der Waals surface area (Å²) in [7, 11) is 0. The SMILES string of the molecule is NCc1ccc(CC(=O)N2CC3CCCC3C2)cc1. The van der Waals surface area contributed by atoms with Crippen molar-refractivity contribution in [3.8, 4) is 0 Å². The summed E-state index contributed by atoms with van der Waals surface area (Å²) >= 11 is 0. The van der Waals surface area contributed by atoms with Crippen LogP contribution in [-0.4, -0.2) is 23.9 Å². The van der Waals surface area contributed by atoms with Gasteiger partial charge in [0.1, 0.15) is 0 Å². The van der Waals surface area contributed by atoms with E-state index in [1.54, 1.807) is 0 Å². The fourth-order valence-corrected chi connectivity index (χ4v) is 3.52. The Hall–Kier alpha value is -1.35. The fourth-order valence-electron chi connectivity index (χ4n) is 3.52. The minimum atomic E-state index is 0.287. The monoisotopic (exact) mass is 258 g/mol. The average molecular weight is 258 g/mol. The van der Waals surface area contributed by atoms with Gasteiger partial charge in [0.2, 0.25) is 5.91 Å². The van der Waals surface area contributed by atoms with E-state index in [0.717, 1.165) is 36.1 Å². The second kappa shape index (κ2) is 5.33. The predicted octanol–water partition coefficient (Wildman–Crippen LogP) is 1.95. The lowest BCUT2D eigenvalue weighted by Crippen LogP contribution is -2.30. The Morgan fingerprint density at radius 1 is 1.11 bits per heavy atom. The van der Waals surface area contributed by atoms with E-state index < -0.39 is 0 Å². The molecule has 1 amide bonds. The second-order valence-corrected chi connectivity index (χ2v) is 5.95. The standard InChI is InChI=1S/C16H22N2O/c17-9-13-6-4-12(5-7-13)8-16(19)18-10-14-2-1-3-15(14)11-18/h4-7,14-15H,1-3,8-11,17H2. The zero-order chi connectivity index (χ0) is 13.2. The van der Waals surface area contributed by atoms with Gasteiger partial charge in [-0.05, 0) is 35.8 Å². The summed E-state index contributed by atoms with van der Waals surface area (Å²) in [5.41, 5.74) is 7.79. The van der Waals surface area contributed by atoms with Gasteiger partial charge < -0.3 is 10.6 Å². The zero-order valence-electron chi connectivity index (χ0n) is 11.3. The Morgan fingerprint density at radius 3 is 2.26 bits per heavy atom. The van der Waals surface area contributed by atoms with Crippen LogP contribution in [0.4, 0.5) is 0 Å². The third kappa shape index (κ3) is 2.66. The van der Waals surface area contributed by atoms with Crippen LogP contribution in [0.5, 0.6) is 0 Å². The highest BCUT2D eigenvalue weighted by Gasteiger charge is 2.37. The van der Waals surface area contributed by atoms with Crippen LogP contribution in [0.3, 0.4) is 0 Å². The van der Waals surface area contributed by atoms with Crippen LogP contribution in [0.2, 0.25) is 0 Å². The van der Waals surface area contributed by atoms with Crippen molar-refractivity contribution >= 4 is 5.91 Å². The Kier molecular flexibility index (Phi) is 3.56. The maximum Gasteiger partial charge on any atom is 0.227 e. The lowest BCUT2D eigenvalue weighted by molar-refractivity contribution is -0.129. The Bertz CT molecular complexity index is 442. The highest BCUT2D eigenvalue weighted by molar-refractivity contribution is 5.79. The molecule has 2 N–H and O–H groups in total. The van der Waals surface area contributed by atoms with Gasteiger partial charge in [-0.15, -0.1) is 0 Å². The van der Waals surface area contributed by atoms with Crippen molar-refractivity contribution in [2.45, 2.75) is 32.2 Å². The summed E-state index contributed by atoms with van der Waals surface area (Å²) < 4.78 is 0. The number of hydrogen-bond donors (Lipinski definition) is 1. The van der Waals surface area contributed by atoms with Gasteiger partial charge in [-0.2, -0.15) is 0 Å². The van der Waals surface area contributed by atoms with Crippen molar-refractivity contribution in [3.63, 3.8) is 0 Å². The highest BCUT2D eigenvalue weighted by atomic mass is 16.2. The molecule has 1 saturated carbocycles. The van der Waals surface area contributed by atoms with Crippen LogP contribution >= 0.6 is 0 Å². The molecule has 1 aliphatic heterocycles. The quantitative estimate of drug-likeness (QED) is 0.900. The van der Waals surface area contributed by atoms with E-state index in [2.05, 4.69) is 4.90 Å². The normalized spacial score (nSPS) is 25.6.